The van der Waals surface area contributed by atoms with Crippen LogP contribution in [0.3, 0.4) is 0 Å². The molecular formula is C26H24Cl2N4O4S. The van der Waals surface area contributed by atoms with Gasteiger partial charge in [-0.1, -0.05) is 65.3 Å². The van der Waals surface area contributed by atoms with Gasteiger partial charge in [0.2, 0.25) is 6.54 Å². The van der Waals surface area contributed by atoms with Crippen molar-refractivity contribution in [3.63, 3.8) is 0 Å². The van der Waals surface area contributed by atoms with Crippen LogP contribution in [0.4, 0.5) is 0 Å². The van der Waals surface area contributed by atoms with Crippen LogP contribution in [0.2, 0.25) is 10.0 Å². The molecule has 0 unspecified atom stereocenters. The third-order valence-electron chi connectivity index (χ3n) is 5.37. The summed E-state index contributed by atoms with van der Waals surface area (Å²) in [6.07, 6.45) is 0. The minimum atomic E-state index is -0.608. The molecule has 0 saturated heterocycles. The van der Waals surface area contributed by atoms with Gasteiger partial charge in [0.1, 0.15) is 17.7 Å². The van der Waals surface area contributed by atoms with Crippen LogP contribution in [0.15, 0.2) is 71.9 Å². The lowest BCUT2D eigenvalue weighted by Gasteiger charge is -2.19. The number of para-hydroxylation sites is 1. The molecule has 0 fully saturated rings. The van der Waals surface area contributed by atoms with Crippen molar-refractivity contribution in [1.29, 1.82) is 0 Å². The van der Waals surface area contributed by atoms with Gasteiger partial charge in [-0.25, -0.2) is 0 Å². The summed E-state index contributed by atoms with van der Waals surface area (Å²) >= 11 is 13.8. The van der Waals surface area contributed by atoms with Crippen LogP contribution < -0.4 is 9.47 Å². The summed E-state index contributed by atoms with van der Waals surface area (Å²) < 4.78 is 13.7. The first-order valence-corrected chi connectivity index (χ1v) is 13.1. The van der Waals surface area contributed by atoms with E-state index >= 15 is 0 Å². The number of hydrogen-bond acceptors (Lipinski definition) is 7. The van der Waals surface area contributed by atoms with E-state index in [0.717, 1.165) is 11.3 Å². The highest BCUT2D eigenvalue weighted by molar-refractivity contribution is 7.99. The van der Waals surface area contributed by atoms with E-state index in [4.69, 9.17) is 32.7 Å². The summed E-state index contributed by atoms with van der Waals surface area (Å²) in [5.41, 5.74) is 2.39. The average molecular weight is 559 g/mol. The van der Waals surface area contributed by atoms with Crippen molar-refractivity contribution in [2.75, 3.05) is 13.2 Å². The molecule has 1 aromatic heterocycles. The number of benzene rings is 3. The van der Waals surface area contributed by atoms with E-state index in [1.807, 2.05) is 60.9 Å². The molecule has 0 radical (unpaired) electrons. The average Bonchev–Trinajstić information content (AvgIpc) is 3.24. The highest BCUT2D eigenvalue weighted by atomic mass is 35.5. The van der Waals surface area contributed by atoms with Gasteiger partial charge in [-0.3, -0.25) is 14.7 Å². The summed E-state index contributed by atoms with van der Waals surface area (Å²) in [5, 5.41) is 21.0. The van der Waals surface area contributed by atoms with E-state index < -0.39 is 5.25 Å². The highest BCUT2D eigenvalue weighted by Gasteiger charge is 2.26. The molecule has 0 N–H and O–H groups in total. The maximum atomic E-state index is 11.6. The molecule has 0 spiro atoms. The molecule has 4 rings (SSSR count). The first-order valence-electron chi connectivity index (χ1n) is 11.4. The van der Waals surface area contributed by atoms with E-state index in [9.17, 15) is 10.1 Å². The number of thioether (sulfide) groups is 1. The van der Waals surface area contributed by atoms with Crippen LogP contribution in [0, 0.1) is 17.0 Å². The van der Waals surface area contributed by atoms with Gasteiger partial charge in [0.25, 0.3) is 0 Å². The fourth-order valence-electron chi connectivity index (χ4n) is 3.68. The molecule has 0 amide bonds. The van der Waals surface area contributed by atoms with Gasteiger partial charge in [0.05, 0.1) is 11.6 Å². The normalized spacial score (nSPS) is 11.8. The predicted molar refractivity (Wildman–Crippen MR) is 145 cm³/mol. The maximum absolute atomic E-state index is 11.6. The maximum Gasteiger partial charge on any atom is 0.220 e. The van der Waals surface area contributed by atoms with E-state index in [2.05, 4.69) is 10.2 Å². The molecule has 4 aromatic rings. The summed E-state index contributed by atoms with van der Waals surface area (Å²) in [6, 6.07) is 20.3. The molecule has 192 valence electrons. The lowest BCUT2D eigenvalue weighted by Crippen LogP contribution is -2.12. The Kier molecular flexibility index (Phi) is 8.91. The quantitative estimate of drug-likeness (QED) is 0.111. The topological polar surface area (TPSA) is 92.3 Å². The Bertz CT molecular complexity index is 1370. The molecule has 8 nitrogen and oxygen atoms in total. The van der Waals surface area contributed by atoms with Crippen molar-refractivity contribution in [1.82, 2.24) is 14.8 Å². The van der Waals surface area contributed by atoms with Crippen molar-refractivity contribution in [2.45, 2.75) is 30.9 Å². The Hall–Kier alpha value is -3.27. The van der Waals surface area contributed by atoms with Gasteiger partial charge in [-0.15, -0.1) is 10.2 Å². The van der Waals surface area contributed by atoms with Gasteiger partial charge in [0, 0.05) is 15.6 Å². The number of ether oxygens (including phenoxy) is 2. The summed E-state index contributed by atoms with van der Waals surface area (Å²) in [4.78, 5) is 11.3. The zero-order valence-electron chi connectivity index (χ0n) is 20.1. The molecule has 11 heteroatoms. The van der Waals surface area contributed by atoms with Crippen LogP contribution >= 0.6 is 35.0 Å². The number of aryl methyl sites for hydroxylation is 1. The number of nitrogens with zero attached hydrogens (tertiary/aromatic N) is 4. The Balaban J connectivity index is 1.66. The summed E-state index contributed by atoms with van der Waals surface area (Å²) in [5.74, 6) is 1.46. The predicted octanol–water partition coefficient (Wildman–Crippen LogP) is 6.97. The van der Waals surface area contributed by atoms with Crippen LogP contribution in [0.5, 0.6) is 11.5 Å². The van der Waals surface area contributed by atoms with E-state index in [-0.39, 0.29) is 18.1 Å². The molecule has 3 aromatic carbocycles. The molecular weight excluding hydrogens is 535 g/mol. The molecule has 0 aliphatic rings. The number of aromatic nitrogens is 3. The van der Waals surface area contributed by atoms with Crippen LogP contribution in [0.1, 0.15) is 29.1 Å². The van der Waals surface area contributed by atoms with Crippen LogP contribution in [0.25, 0.3) is 5.69 Å². The molecule has 0 aliphatic carbocycles. The molecule has 1 heterocycles. The first kappa shape index (κ1) is 26.8. The fraction of sp³-hybridized carbons (Fsp3) is 0.231. The van der Waals surface area contributed by atoms with Crippen LogP contribution in [-0.2, 0) is 6.61 Å². The summed E-state index contributed by atoms with van der Waals surface area (Å²) in [7, 11) is 0. The SMILES string of the molecule is CCOc1cc([C@@H](C[N+](=O)[O-])Sc2nnc(C)n2-c2ccccc2)cc(Cl)c1OCc1ccc(Cl)cc1. The summed E-state index contributed by atoms with van der Waals surface area (Å²) in [6.45, 7) is 3.95. The molecule has 0 bridgehead atoms. The lowest BCUT2D eigenvalue weighted by atomic mass is 10.1. The first-order chi connectivity index (χ1) is 17.9. The second-order valence-electron chi connectivity index (χ2n) is 8.00. The standard InChI is InChI=1S/C26H24Cl2N4O4S/c1-3-35-23-14-19(13-22(28)25(23)36-16-18-9-11-20(27)12-10-18)24(15-31(33)34)37-26-30-29-17(2)32(26)21-7-5-4-6-8-21/h4-14,24H,3,15-16H2,1-2H3/t24-/m1/s1. The van der Waals surface area contributed by atoms with Gasteiger partial charge >= 0.3 is 0 Å². The monoisotopic (exact) mass is 558 g/mol. The third kappa shape index (κ3) is 6.74. The van der Waals surface area contributed by atoms with Crippen LogP contribution in [-0.4, -0.2) is 32.8 Å². The number of nitro groups is 1. The third-order valence-corrected chi connectivity index (χ3v) is 7.09. The van der Waals surface area contributed by atoms with E-state index in [1.54, 1.807) is 24.3 Å². The van der Waals surface area contributed by atoms with Crippen molar-refractivity contribution in [2.24, 2.45) is 0 Å². The number of hydrogen-bond donors (Lipinski definition) is 0. The highest BCUT2D eigenvalue weighted by Crippen LogP contribution is 2.43. The zero-order valence-corrected chi connectivity index (χ0v) is 22.5. The van der Waals surface area contributed by atoms with Gasteiger partial charge in [-0.05, 0) is 61.4 Å². The fourth-order valence-corrected chi connectivity index (χ4v) is 5.23. The van der Waals surface area contributed by atoms with Crippen molar-refractivity contribution >= 4 is 35.0 Å². The lowest BCUT2D eigenvalue weighted by molar-refractivity contribution is -0.479. The van der Waals surface area contributed by atoms with E-state index in [1.165, 1.54) is 11.8 Å². The Morgan fingerprint density at radius 2 is 1.78 bits per heavy atom. The minimum absolute atomic E-state index is 0.253. The smallest absolute Gasteiger partial charge is 0.220 e. The van der Waals surface area contributed by atoms with Crippen molar-refractivity contribution < 1.29 is 14.4 Å². The molecule has 0 aliphatic heterocycles. The second kappa shape index (κ2) is 12.3. The molecule has 0 saturated carbocycles. The minimum Gasteiger partial charge on any atom is -0.490 e. The Morgan fingerprint density at radius 3 is 2.46 bits per heavy atom. The Labute approximate surface area is 228 Å². The van der Waals surface area contributed by atoms with Gasteiger partial charge < -0.3 is 9.47 Å². The van der Waals surface area contributed by atoms with Crippen molar-refractivity contribution in [3.8, 4) is 17.2 Å². The molecule has 37 heavy (non-hydrogen) atoms. The van der Waals surface area contributed by atoms with Gasteiger partial charge in [-0.2, -0.15) is 0 Å². The number of halogens is 2. The largest absolute Gasteiger partial charge is 0.490 e. The molecule has 1 atom stereocenters. The Morgan fingerprint density at radius 1 is 1.05 bits per heavy atom. The van der Waals surface area contributed by atoms with Gasteiger partial charge in [0.15, 0.2) is 16.7 Å². The van der Waals surface area contributed by atoms with Crippen molar-refractivity contribution in [3.05, 3.63) is 104 Å². The number of rotatable bonds is 11. The zero-order chi connectivity index (χ0) is 26.4. The second-order valence-corrected chi connectivity index (χ2v) is 10.0. The van der Waals surface area contributed by atoms with E-state index in [0.29, 0.717) is 44.7 Å².